The van der Waals surface area contributed by atoms with Gasteiger partial charge in [0.15, 0.2) is 0 Å². The lowest BCUT2D eigenvalue weighted by Gasteiger charge is -2.31. The molecule has 0 N–H and O–H groups in total. The van der Waals surface area contributed by atoms with E-state index in [-0.39, 0.29) is 0 Å². The maximum atomic E-state index is 2.60. The summed E-state index contributed by atoms with van der Waals surface area (Å²) in [5.74, 6) is 0.977. The lowest BCUT2D eigenvalue weighted by atomic mass is 9.94. The van der Waals surface area contributed by atoms with Gasteiger partial charge >= 0.3 is 0 Å². The van der Waals surface area contributed by atoms with E-state index < -0.39 is 0 Å². The van der Waals surface area contributed by atoms with Crippen LogP contribution in [0.4, 0.5) is 0 Å². The lowest BCUT2D eigenvalue weighted by Crippen LogP contribution is -2.32. The minimum absolute atomic E-state index is 0.977. The number of rotatable bonds is 4. The van der Waals surface area contributed by atoms with Gasteiger partial charge in [-0.2, -0.15) is 0 Å². The van der Waals surface area contributed by atoms with Gasteiger partial charge in [-0.1, -0.05) is 25.5 Å². The molecule has 94 valence electrons. The number of thioether (sulfide) groups is 1. The fourth-order valence-corrected chi connectivity index (χ4v) is 2.95. The number of likely N-dealkylation sites (tertiary alicyclic amines) is 1. The first-order valence-electron chi connectivity index (χ1n) is 6.67. The maximum absolute atomic E-state index is 2.60. The summed E-state index contributed by atoms with van der Waals surface area (Å²) < 4.78 is 0. The van der Waals surface area contributed by atoms with E-state index in [9.17, 15) is 0 Å². The monoisotopic (exact) mass is 249 g/mol. The van der Waals surface area contributed by atoms with Crippen molar-refractivity contribution >= 4 is 11.8 Å². The molecule has 1 fully saturated rings. The summed E-state index contributed by atoms with van der Waals surface area (Å²) in [7, 11) is 0. The standard InChI is InChI=1S/C15H23NS/c1-3-13-8-10-16(11-9-13)12-14-4-6-15(17-2)7-5-14/h4-7,13H,3,8-12H2,1-2H3. The van der Waals surface area contributed by atoms with E-state index >= 15 is 0 Å². The van der Waals surface area contributed by atoms with Crippen LogP contribution in [0.3, 0.4) is 0 Å². The van der Waals surface area contributed by atoms with Crippen molar-refractivity contribution in [1.82, 2.24) is 4.90 Å². The Hall–Kier alpha value is -0.470. The number of nitrogens with zero attached hydrogens (tertiary/aromatic N) is 1. The first kappa shape index (κ1) is 13.0. The Morgan fingerprint density at radius 1 is 1.18 bits per heavy atom. The molecule has 1 saturated heterocycles. The Bertz CT molecular complexity index is 325. The van der Waals surface area contributed by atoms with Crippen LogP contribution >= 0.6 is 11.8 Å². The second-order valence-electron chi connectivity index (χ2n) is 4.98. The molecular weight excluding hydrogens is 226 g/mol. The molecule has 17 heavy (non-hydrogen) atoms. The highest BCUT2D eigenvalue weighted by molar-refractivity contribution is 7.98. The molecule has 0 spiro atoms. The van der Waals surface area contributed by atoms with Crippen molar-refractivity contribution < 1.29 is 0 Å². The van der Waals surface area contributed by atoms with Gasteiger partial charge in [0, 0.05) is 11.4 Å². The first-order chi connectivity index (χ1) is 8.31. The van der Waals surface area contributed by atoms with Gasteiger partial charge in [-0.25, -0.2) is 0 Å². The normalized spacial score (nSPS) is 18.5. The largest absolute Gasteiger partial charge is 0.299 e. The van der Waals surface area contributed by atoms with E-state index in [1.165, 1.54) is 42.8 Å². The molecule has 1 aromatic rings. The van der Waals surface area contributed by atoms with Crippen LogP contribution in [-0.2, 0) is 6.54 Å². The van der Waals surface area contributed by atoms with Crippen molar-refractivity contribution in [2.75, 3.05) is 19.3 Å². The molecule has 0 unspecified atom stereocenters. The van der Waals surface area contributed by atoms with Gasteiger partial charge in [-0.15, -0.1) is 11.8 Å². The number of hydrogen-bond donors (Lipinski definition) is 0. The fourth-order valence-electron chi connectivity index (χ4n) is 2.54. The first-order valence-corrected chi connectivity index (χ1v) is 7.89. The lowest BCUT2D eigenvalue weighted by molar-refractivity contribution is 0.175. The topological polar surface area (TPSA) is 3.24 Å². The zero-order valence-electron chi connectivity index (χ0n) is 11.0. The Kier molecular flexibility index (Phi) is 4.93. The van der Waals surface area contributed by atoms with Gasteiger partial charge in [0.1, 0.15) is 0 Å². The minimum atomic E-state index is 0.977. The molecule has 1 aliphatic rings. The highest BCUT2D eigenvalue weighted by Gasteiger charge is 2.17. The Labute approximate surface area is 110 Å². The highest BCUT2D eigenvalue weighted by atomic mass is 32.2. The molecule has 1 heterocycles. The van der Waals surface area contributed by atoms with Crippen molar-refractivity contribution in [2.24, 2.45) is 5.92 Å². The van der Waals surface area contributed by atoms with E-state index in [4.69, 9.17) is 0 Å². The average Bonchev–Trinajstić information content (AvgIpc) is 2.40. The molecule has 0 saturated carbocycles. The number of hydrogen-bond acceptors (Lipinski definition) is 2. The van der Waals surface area contributed by atoms with Crippen LogP contribution < -0.4 is 0 Å². The molecule has 1 aliphatic heterocycles. The third kappa shape index (κ3) is 3.75. The van der Waals surface area contributed by atoms with E-state index in [2.05, 4.69) is 42.3 Å². The molecule has 0 aromatic heterocycles. The van der Waals surface area contributed by atoms with Gasteiger partial charge in [-0.3, -0.25) is 4.90 Å². The molecule has 1 aromatic carbocycles. The highest BCUT2D eigenvalue weighted by Crippen LogP contribution is 2.22. The number of piperidine rings is 1. The SMILES string of the molecule is CCC1CCN(Cc2ccc(SC)cc2)CC1. The third-order valence-corrected chi connectivity index (χ3v) is 4.59. The second-order valence-corrected chi connectivity index (χ2v) is 5.86. The molecule has 1 nitrogen and oxygen atoms in total. The Morgan fingerprint density at radius 3 is 2.35 bits per heavy atom. The molecule has 0 atom stereocenters. The maximum Gasteiger partial charge on any atom is 0.0233 e. The van der Waals surface area contributed by atoms with Gasteiger partial charge in [0.2, 0.25) is 0 Å². The summed E-state index contributed by atoms with van der Waals surface area (Å²) >= 11 is 1.81. The van der Waals surface area contributed by atoms with Gasteiger partial charge < -0.3 is 0 Å². The molecule has 2 heteroatoms. The van der Waals surface area contributed by atoms with Gasteiger partial charge in [-0.05, 0) is 55.8 Å². The van der Waals surface area contributed by atoms with E-state index in [1.807, 2.05) is 11.8 Å². The van der Waals surface area contributed by atoms with E-state index in [0.29, 0.717) is 0 Å². The zero-order chi connectivity index (χ0) is 12.1. The van der Waals surface area contributed by atoms with Crippen molar-refractivity contribution in [3.8, 4) is 0 Å². The van der Waals surface area contributed by atoms with Crippen molar-refractivity contribution in [2.45, 2.75) is 37.6 Å². The third-order valence-electron chi connectivity index (χ3n) is 3.85. The molecule has 0 radical (unpaired) electrons. The predicted octanol–water partition coefficient (Wildman–Crippen LogP) is 4.03. The average molecular weight is 249 g/mol. The van der Waals surface area contributed by atoms with Crippen LogP contribution in [0.5, 0.6) is 0 Å². The molecular formula is C15H23NS. The molecule has 0 amide bonds. The van der Waals surface area contributed by atoms with Crippen LogP contribution in [0, 0.1) is 5.92 Å². The second kappa shape index (κ2) is 6.46. The van der Waals surface area contributed by atoms with Crippen molar-refractivity contribution in [3.63, 3.8) is 0 Å². The van der Waals surface area contributed by atoms with Crippen LogP contribution in [0.1, 0.15) is 31.7 Å². The smallest absolute Gasteiger partial charge is 0.0233 e. The minimum Gasteiger partial charge on any atom is -0.299 e. The van der Waals surface area contributed by atoms with Crippen LogP contribution in [-0.4, -0.2) is 24.2 Å². The number of benzene rings is 1. The Balaban J connectivity index is 1.84. The summed E-state index contributed by atoms with van der Waals surface area (Å²) in [6.07, 6.45) is 6.26. The summed E-state index contributed by atoms with van der Waals surface area (Å²) in [4.78, 5) is 3.96. The summed E-state index contributed by atoms with van der Waals surface area (Å²) in [6.45, 7) is 6.01. The van der Waals surface area contributed by atoms with Crippen LogP contribution in [0.15, 0.2) is 29.2 Å². The Morgan fingerprint density at radius 2 is 1.82 bits per heavy atom. The van der Waals surface area contributed by atoms with Crippen molar-refractivity contribution in [3.05, 3.63) is 29.8 Å². The van der Waals surface area contributed by atoms with Crippen molar-refractivity contribution in [1.29, 1.82) is 0 Å². The van der Waals surface area contributed by atoms with Crippen LogP contribution in [0.2, 0.25) is 0 Å². The molecule has 0 aliphatic carbocycles. The molecule has 2 rings (SSSR count). The van der Waals surface area contributed by atoms with Crippen LogP contribution in [0.25, 0.3) is 0 Å². The quantitative estimate of drug-likeness (QED) is 0.741. The predicted molar refractivity (Wildman–Crippen MR) is 76.5 cm³/mol. The summed E-state index contributed by atoms with van der Waals surface area (Å²) in [6, 6.07) is 9.02. The fraction of sp³-hybridized carbons (Fsp3) is 0.600. The molecule has 0 bridgehead atoms. The van der Waals surface area contributed by atoms with Gasteiger partial charge in [0.05, 0.1) is 0 Å². The summed E-state index contributed by atoms with van der Waals surface area (Å²) in [5.41, 5.74) is 1.46. The van der Waals surface area contributed by atoms with Gasteiger partial charge in [0.25, 0.3) is 0 Å². The summed E-state index contributed by atoms with van der Waals surface area (Å²) in [5, 5.41) is 0. The van der Waals surface area contributed by atoms with E-state index in [0.717, 1.165) is 12.5 Å². The zero-order valence-corrected chi connectivity index (χ0v) is 11.8. The van der Waals surface area contributed by atoms with E-state index in [1.54, 1.807) is 0 Å².